The Morgan fingerprint density at radius 3 is 2.62 bits per heavy atom. The third-order valence-corrected chi connectivity index (χ3v) is 3.30. The smallest absolute Gasteiger partial charge is 0.280 e. The molecule has 1 unspecified atom stereocenters. The molecule has 0 bridgehead atoms. The van der Waals surface area contributed by atoms with E-state index in [1.807, 2.05) is 18.2 Å². The standard InChI is InChI=1S/C18H18N4O2/c1-12(15-4-3-5-16(20)10-15)21-22-18(23)13(2)24-17-8-6-14(11-19)7-9-17/h3-10,13H,20H2,1-2H3,(H,22,23)/b21-12+. The van der Waals surface area contributed by atoms with E-state index >= 15 is 0 Å². The highest BCUT2D eigenvalue weighted by Crippen LogP contribution is 2.13. The summed E-state index contributed by atoms with van der Waals surface area (Å²) in [5.74, 6) is 0.135. The van der Waals surface area contributed by atoms with Crippen molar-refractivity contribution >= 4 is 17.3 Å². The first-order valence-corrected chi connectivity index (χ1v) is 7.36. The fourth-order valence-corrected chi connectivity index (χ4v) is 1.92. The molecule has 6 heteroatoms. The van der Waals surface area contributed by atoms with E-state index in [-0.39, 0.29) is 5.91 Å². The average molecular weight is 322 g/mol. The van der Waals surface area contributed by atoms with Crippen LogP contribution in [-0.2, 0) is 4.79 Å². The third kappa shape index (κ3) is 4.58. The zero-order valence-electron chi connectivity index (χ0n) is 13.5. The maximum absolute atomic E-state index is 12.1. The van der Waals surface area contributed by atoms with E-state index in [1.165, 1.54) is 0 Å². The van der Waals surface area contributed by atoms with Crippen molar-refractivity contribution in [2.45, 2.75) is 20.0 Å². The lowest BCUT2D eigenvalue weighted by atomic mass is 10.1. The summed E-state index contributed by atoms with van der Waals surface area (Å²) in [6.45, 7) is 3.40. The van der Waals surface area contributed by atoms with E-state index in [1.54, 1.807) is 50.2 Å². The van der Waals surface area contributed by atoms with Gasteiger partial charge in [-0.05, 0) is 55.8 Å². The summed E-state index contributed by atoms with van der Waals surface area (Å²) >= 11 is 0. The topological polar surface area (TPSA) is 100 Å². The number of nitrogens with two attached hydrogens (primary N) is 1. The SMILES string of the molecule is C/C(=N\NC(=O)C(C)Oc1ccc(C#N)cc1)c1cccc(N)c1. The number of nitrogen functional groups attached to an aromatic ring is 1. The number of anilines is 1. The lowest BCUT2D eigenvalue weighted by Crippen LogP contribution is -2.33. The summed E-state index contributed by atoms with van der Waals surface area (Å²) in [6, 6.07) is 15.8. The van der Waals surface area contributed by atoms with Gasteiger partial charge in [-0.1, -0.05) is 12.1 Å². The second kappa shape index (κ2) is 7.79. The summed E-state index contributed by atoms with van der Waals surface area (Å²) in [7, 11) is 0. The number of hydrazone groups is 1. The van der Waals surface area contributed by atoms with Gasteiger partial charge < -0.3 is 10.5 Å². The lowest BCUT2D eigenvalue weighted by molar-refractivity contribution is -0.127. The number of benzene rings is 2. The van der Waals surface area contributed by atoms with E-state index in [0.717, 1.165) is 5.56 Å². The monoisotopic (exact) mass is 322 g/mol. The fourth-order valence-electron chi connectivity index (χ4n) is 1.92. The molecule has 0 saturated carbocycles. The van der Waals surface area contributed by atoms with Gasteiger partial charge in [-0.2, -0.15) is 10.4 Å². The summed E-state index contributed by atoms with van der Waals surface area (Å²) in [6.07, 6.45) is -0.727. The first kappa shape index (κ1) is 17.0. The van der Waals surface area contributed by atoms with Crippen LogP contribution in [-0.4, -0.2) is 17.7 Å². The predicted molar refractivity (Wildman–Crippen MR) is 92.5 cm³/mol. The van der Waals surface area contributed by atoms with E-state index < -0.39 is 6.10 Å². The Morgan fingerprint density at radius 1 is 1.29 bits per heavy atom. The molecule has 0 heterocycles. The molecule has 2 aromatic carbocycles. The molecule has 0 aliphatic carbocycles. The maximum Gasteiger partial charge on any atom is 0.280 e. The Labute approximate surface area is 140 Å². The second-order valence-corrected chi connectivity index (χ2v) is 5.19. The number of nitrogens with one attached hydrogen (secondary N) is 1. The van der Waals surface area contributed by atoms with Crippen molar-refractivity contribution < 1.29 is 9.53 Å². The van der Waals surface area contributed by atoms with Gasteiger partial charge in [-0.25, -0.2) is 5.43 Å². The third-order valence-electron chi connectivity index (χ3n) is 3.30. The van der Waals surface area contributed by atoms with E-state index in [4.69, 9.17) is 15.7 Å². The summed E-state index contributed by atoms with van der Waals surface area (Å²) in [4.78, 5) is 12.1. The highest BCUT2D eigenvalue weighted by Gasteiger charge is 2.14. The van der Waals surface area contributed by atoms with Crippen LogP contribution in [0.15, 0.2) is 53.6 Å². The van der Waals surface area contributed by atoms with Crippen molar-refractivity contribution in [3.05, 3.63) is 59.7 Å². The Morgan fingerprint density at radius 2 is 2.00 bits per heavy atom. The number of carbonyl (C=O) groups is 1. The molecule has 6 nitrogen and oxygen atoms in total. The van der Waals surface area contributed by atoms with E-state index in [9.17, 15) is 4.79 Å². The number of ether oxygens (including phenoxy) is 1. The van der Waals surface area contributed by atoms with E-state index in [2.05, 4.69) is 10.5 Å². The number of rotatable bonds is 5. The first-order valence-electron chi connectivity index (χ1n) is 7.36. The van der Waals surface area contributed by atoms with Gasteiger partial charge in [0, 0.05) is 5.69 Å². The molecular formula is C18H18N4O2. The average Bonchev–Trinajstić information content (AvgIpc) is 2.60. The van der Waals surface area contributed by atoms with Gasteiger partial charge >= 0.3 is 0 Å². The Bertz CT molecular complexity index is 791. The van der Waals surface area contributed by atoms with Gasteiger partial charge in [0.05, 0.1) is 17.3 Å². The second-order valence-electron chi connectivity index (χ2n) is 5.19. The molecule has 0 aliphatic heterocycles. The molecule has 0 spiro atoms. The van der Waals surface area contributed by atoms with Crippen LogP contribution < -0.4 is 15.9 Å². The molecule has 0 fully saturated rings. The zero-order chi connectivity index (χ0) is 17.5. The van der Waals surface area contributed by atoms with Gasteiger partial charge in [0.1, 0.15) is 5.75 Å². The van der Waals surface area contributed by atoms with Crippen molar-refractivity contribution in [1.82, 2.24) is 5.43 Å². The van der Waals surface area contributed by atoms with Gasteiger partial charge in [-0.15, -0.1) is 0 Å². The Hall–Kier alpha value is -3.33. The predicted octanol–water partition coefficient (Wildman–Crippen LogP) is 2.45. The fraction of sp³-hybridized carbons (Fsp3) is 0.167. The van der Waals surface area contributed by atoms with Crippen LogP contribution in [0.3, 0.4) is 0 Å². The van der Waals surface area contributed by atoms with Crippen LogP contribution >= 0.6 is 0 Å². The number of carbonyl (C=O) groups excluding carboxylic acids is 1. The first-order chi connectivity index (χ1) is 11.5. The molecule has 0 radical (unpaired) electrons. The number of amides is 1. The van der Waals surface area contributed by atoms with E-state index in [0.29, 0.717) is 22.7 Å². The van der Waals surface area contributed by atoms with Crippen LogP contribution in [0.25, 0.3) is 0 Å². The minimum Gasteiger partial charge on any atom is -0.481 e. The van der Waals surface area contributed by atoms with Crippen molar-refractivity contribution in [2.24, 2.45) is 5.10 Å². The molecular weight excluding hydrogens is 304 g/mol. The molecule has 122 valence electrons. The van der Waals surface area contributed by atoms with Crippen LogP contribution in [0.2, 0.25) is 0 Å². The Balaban J connectivity index is 1.95. The van der Waals surface area contributed by atoms with Crippen molar-refractivity contribution in [3.63, 3.8) is 0 Å². The normalized spacial score (nSPS) is 12.1. The largest absolute Gasteiger partial charge is 0.481 e. The highest BCUT2D eigenvalue weighted by molar-refractivity contribution is 6.00. The maximum atomic E-state index is 12.1. The lowest BCUT2D eigenvalue weighted by Gasteiger charge is -2.13. The minimum atomic E-state index is -0.727. The number of nitrogens with zero attached hydrogens (tertiary/aromatic N) is 2. The Kier molecular flexibility index (Phi) is 5.53. The molecule has 0 aliphatic rings. The minimum absolute atomic E-state index is 0.373. The summed E-state index contributed by atoms with van der Waals surface area (Å²) in [5.41, 5.74) is 10.8. The molecule has 3 N–H and O–H groups in total. The van der Waals surface area contributed by atoms with Crippen molar-refractivity contribution in [2.75, 3.05) is 5.73 Å². The molecule has 1 amide bonds. The molecule has 0 aromatic heterocycles. The van der Waals surface area contributed by atoms with Gasteiger partial charge in [0.15, 0.2) is 6.10 Å². The van der Waals surface area contributed by atoms with Crippen LogP contribution in [0.5, 0.6) is 5.75 Å². The van der Waals surface area contributed by atoms with Crippen molar-refractivity contribution in [1.29, 1.82) is 5.26 Å². The molecule has 24 heavy (non-hydrogen) atoms. The van der Waals surface area contributed by atoms with Crippen LogP contribution in [0.4, 0.5) is 5.69 Å². The van der Waals surface area contributed by atoms with Crippen LogP contribution in [0.1, 0.15) is 25.0 Å². The quantitative estimate of drug-likeness (QED) is 0.501. The number of nitriles is 1. The molecule has 0 saturated heterocycles. The van der Waals surface area contributed by atoms with Gasteiger partial charge in [0.2, 0.25) is 0 Å². The van der Waals surface area contributed by atoms with Crippen LogP contribution in [0, 0.1) is 11.3 Å². The molecule has 1 atom stereocenters. The molecule has 2 aromatic rings. The number of hydrogen-bond acceptors (Lipinski definition) is 5. The highest BCUT2D eigenvalue weighted by atomic mass is 16.5. The zero-order valence-corrected chi connectivity index (χ0v) is 13.5. The number of hydrogen-bond donors (Lipinski definition) is 2. The summed E-state index contributed by atoms with van der Waals surface area (Å²) in [5, 5.41) is 12.8. The molecule has 2 rings (SSSR count). The van der Waals surface area contributed by atoms with Crippen molar-refractivity contribution in [3.8, 4) is 11.8 Å². The summed E-state index contributed by atoms with van der Waals surface area (Å²) < 4.78 is 5.52. The van der Waals surface area contributed by atoms with Gasteiger partial charge in [-0.3, -0.25) is 4.79 Å². The van der Waals surface area contributed by atoms with Gasteiger partial charge in [0.25, 0.3) is 5.91 Å².